The van der Waals surface area contributed by atoms with Crippen LogP contribution in [0.25, 0.3) is 0 Å². The number of hydrogen-bond donors (Lipinski definition) is 3. The molecule has 3 N–H and O–H groups in total. The number of rotatable bonds is 7. The van der Waals surface area contributed by atoms with Crippen LogP contribution < -0.4 is 10.6 Å². The van der Waals surface area contributed by atoms with Gasteiger partial charge in [-0.3, -0.25) is 0 Å². The van der Waals surface area contributed by atoms with Gasteiger partial charge < -0.3 is 25.2 Å². The number of aliphatic hydroxyl groups is 1. The van der Waals surface area contributed by atoms with Crippen LogP contribution in [0.5, 0.6) is 0 Å². The highest BCUT2D eigenvalue weighted by molar-refractivity contribution is 5.74. The fraction of sp³-hybridized carbons (Fsp3) is 0.917. The van der Waals surface area contributed by atoms with E-state index in [1.165, 1.54) is 0 Å². The monoisotopic (exact) mass is 260 g/mol. The number of hydrogen-bond acceptors (Lipinski definition) is 4. The van der Waals surface area contributed by atoms with Crippen LogP contribution in [0.15, 0.2) is 0 Å². The fourth-order valence-electron chi connectivity index (χ4n) is 2.07. The Morgan fingerprint density at radius 1 is 1.61 bits per heavy atom. The second kappa shape index (κ2) is 7.56. The van der Waals surface area contributed by atoms with E-state index < -0.39 is 5.54 Å². The lowest BCUT2D eigenvalue weighted by molar-refractivity contribution is 0.0975. The molecule has 1 rings (SSSR count). The van der Waals surface area contributed by atoms with Crippen LogP contribution in [0, 0.1) is 0 Å². The molecule has 106 valence electrons. The van der Waals surface area contributed by atoms with Crippen molar-refractivity contribution >= 4 is 6.03 Å². The van der Waals surface area contributed by atoms with E-state index in [2.05, 4.69) is 10.6 Å². The van der Waals surface area contributed by atoms with E-state index in [1.54, 1.807) is 7.11 Å². The van der Waals surface area contributed by atoms with Crippen molar-refractivity contribution in [2.75, 3.05) is 33.5 Å². The Morgan fingerprint density at radius 3 is 2.94 bits per heavy atom. The standard InChI is InChI=1S/C12H24N2O4/c1-12(5-6-15,9-17-2)14-11(16)13-8-10-4-3-7-18-10/h10,15H,3-9H2,1-2H3,(H2,13,14,16)/t10-,12+/m0/s1. The summed E-state index contributed by atoms with van der Waals surface area (Å²) >= 11 is 0. The summed E-state index contributed by atoms with van der Waals surface area (Å²) in [5, 5.41) is 14.6. The van der Waals surface area contributed by atoms with Crippen molar-refractivity contribution in [3.63, 3.8) is 0 Å². The van der Waals surface area contributed by atoms with E-state index in [4.69, 9.17) is 14.6 Å². The number of nitrogens with one attached hydrogen (secondary N) is 2. The molecule has 0 aliphatic carbocycles. The molecular weight excluding hydrogens is 236 g/mol. The highest BCUT2D eigenvalue weighted by Gasteiger charge is 2.26. The second-order valence-electron chi connectivity index (χ2n) is 4.94. The first kappa shape index (κ1) is 15.2. The summed E-state index contributed by atoms with van der Waals surface area (Å²) in [5.41, 5.74) is -0.551. The molecule has 0 saturated carbocycles. The van der Waals surface area contributed by atoms with Crippen LogP contribution in [-0.4, -0.2) is 56.3 Å². The molecule has 1 fully saturated rings. The number of methoxy groups -OCH3 is 1. The van der Waals surface area contributed by atoms with Gasteiger partial charge in [0.15, 0.2) is 0 Å². The van der Waals surface area contributed by atoms with Crippen molar-refractivity contribution in [3.05, 3.63) is 0 Å². The predicted molar refractivity (Wildman–Crippen MR) is 67.5 cm³/mol. The van der Waals surface area contributed by atoms with Crippen molar-refractivity contribution in [1.82, 2.24) is 10.6 Å². The summed E-state index contributed by atoms with van der Waals surface area (Å²) in [6.45, 7) is 3.51. The van der Waals surface area contributed by atoms with Crippen LogP contribution in [-0.2, 0) is 9.47 Å². The molecule has 18 heavy (non-hydrogen) atoms. The zero-order valence-electron chi connectivity index (χ0n) is 11.2. The molecule has 1 heterocycles. The third kappa shape index (κ3) is 5.20. The third-order valence-corrected chi connectivity index (χ3v) is 3.06. The Balaban J connectivity index is 2.30. The summed E-state index contributed by atoms with van der Waals surface area (Å²) < 4.78 is 10.5. The molecule has 0 unspecified atom stereocenters. The first-order valence-electron chi connectivity index (χ1n) is 6.37. The maximum absolute atomic E-state index is 11.8. The lowest BCUT2D eigenvalue weighted by Crippen LogP contribution is -2.54. The first-order valence-corrected chi connectivity index (χ1v) is 6.37. The Hall–Kier alpha value is -0.850. The summed E-state index contributed by atoms with van der Waals surface area (Å²) in [6.07, 6.45) is 2.63. The Kier molecular flexibility index (Phi) is 6.38. The molecule has 2 amide bonds. The average molecular weight is 260 g/mol. The lowest BCUT2D eigenvalue weighted by atomic mass is 10.00. The minimum Gasteiger partial charge on any atom is -0.396 e. The van der Waals surface area contributed by atoms with E-state index in [9.17, 15) is 4.79 Å². The summed E-state index contributed by atoms with van der Waals surface area (Å²) in [6, 6.07) is -0.251. The molecule has 1 aliphatic rings. The van der Waals surface area contributed by atoms with Crippen LogP contribution in [0.2, 0.25) is 0 Å². The predicted octanol–water partition coefficient (Wildman–Crippen LogP) is 0.252. The summed E-state index contributed by atoms with van der Waals surface area (Å²) in [7, 11) is 1.57. The third-order valence-electron chi connectivity index (χ3n) is 3.06. The molecule has 6 heteroatoms. The van der Waals surface area contributed by atoms with Gasteiger partial charge in [0.05, 0.1) is 18.2 Å². The maximum Gasteiger partial charge on any atom is 0.315 e. The number of carbonyl (C=O) groups is 1. The molecule has 0 aromatic carbocycles. The highest BCUT2D eigenvalue weighted by Crippen LogP contribution is 2.11. The van der Waals surface area contributed by atoms with Crippen molar-refractivity contribution in [3.8, 4) is 0 Å². The van der Waals surface area contributed by atoms with Gasteiger partial charge in [-0.1, -0.05) is 0 Å². The molecule has 0 spiro atoms. The number of amides is 2. The van der Waals surface area contributed by atoms with E-state index in [0.29, 0.717) is 19.6 Å². The van der Waals surface area contributed by atoms with Crippen LogP contribution in [0.3, 0.4) is 0 Å². The average Bonchev–Trinajstić information content (AvgIpc) is 2.79. The molecule has 1 aliphatic heterocycles. The fourth-order valence-corrected chi connectivity index (χ4v) is 2.07. The Bertz CT molecular complexity index is 248. The first-order chi connectivity index (χ1) is 8.59. The van der Waals surface area contributed by atoms with Crippen molar-refractivity contribution in [1.29, 1.82) is 0 Å². The summed E-state index contributed by atoms with van der Waals surface area (Å²) in [4.78, 5) is 11.8. The molecule has 1 saturated heterocycles. The van der Waals surface area contributed by atoms with Crippen molar-refractivity contribution < 1.29 is 19.4 Å². The minimum absolute atomic E-state index is 0.00583. The molecule has 2 atom stereocenters. The number of carbonyl (C=O) groups excluding carboxylic acids is 1. The molecule has 0 aromatic heterocycles. The van der Waals surface area contributed by atoms with Gasteiger partial charge in [0.25, 0.3) is 0 Å². The Morgan fingerprint density at radius 2 is 2.39 bits per heavy atom. The van der Waals surface area contributed by atoms with Gasteiger partial charge in [0, 0.05) is 26.9 Å². The number of ether oxygens (including phenoxy) is 2. The zero-order chi connectivity index (χ0) is 13.4. The van der Waals surface area contributed by atoms with Gasteiger partial charge in [-0.25, -0.2) is 4.79 Å². The van der Waals surface area contributed by atoms with Crippen LogP contribution >= 0.6 is 0 Å². The van der Waals surface area contributed by atoms with Gasteiger partial charge >= 0.3 is 6.03 Å². The molecular formula is C12H24N2O4. The topological polar surface area (TPSA) is 79.8 Å². The van der Waals surface area contributed by atoms with Gasteiger partial charge in [-0.2, -0.15) is 0 Å². The van der Waals surface area contributed by atoms with Gasteiger partial charge in [0.1, 0.15) is 0 Å². The molecule has 6 nitrogen and oxygen atoms in total. The largest absolute Gasteiger partial charge is 0.396 e. The van der Waals surface area contributed by atoms with E-state index in [1.807, 2.05) is 6.92 Å². The SMILES string of the molecule is COC[C@@](C)(CCO)NC(=O)NC[C@@H]1CCCO1. The van der Waals surface area contributed by atoms with E-state index in [-0.39, 0.29) is 18.7 Å². The highest BCUT2D eigenvalue weighted by atomic mass is 16.5. The lowest BCUT2D eigenvalue weighted by Gasteiger charge is -2.29. The van der Waals surface area contributed by atoms with Crippen LogP contribution in [0.1, 0.15) is 26.2 Å². The quantitative estimate of drug-likeness (QED) is 0.613. The van der Waals surface area contributed by atoms with E-state index in [0.717, 1.165) is 19.4 Å². The van der Waals surface area contributed by atoms with Crippen molar-refractivity contribution in [2.24, 2.45) is 0 Å². The molecule has 0 aromatic rings. The van der Waals surface area contributed by atoms with Crippen molar-refractivity contribution in [2.45, 2.75) is 37.8 Å². The smallest absolute Gasteiger partial charge is 0.315 e. The number of urea groups is 1. The maximum atomic E-state index is 11.8. The zero-order valence-corrected chi connectivity index (χ0v) is 11.2. The molecule has 0 bridgehead atoms. The van der Waals surface area contributed by atoms with Gasteiger partial charge in [-0.15, -0.1) is 0 Å². The Labute approximate surface area is 108 Å². The second-order valence-corrected chi connectivity index (χ2v) is 4.94. The molecule has 0 radical (unpaired) electrons. The normalized spacial score (nSPS) is 22.5. The van der Waals surface area contributed by atoms with Crippen LogP contribution in [0.4, 0.5) is 4.79 Å². The van der Waals surface area contributed by atoms with E-state index >= 15 is 0 Å². The number of aliphatic hydroxyl groups excluding tert-OH is 1. The minimum atomic E-state index is -0.551. The summed E-state index contributed by atoms with van der Waals surface area (Å²) in [5.74, 6) is 0. The van der Waals surface area contributed by atoms with Gasteiger partial charge in [0.2, 0.25) is 0 Å². The van der Waals surface area contributed by atoms with Gasteiger partial charge in [-0.05, 0) is 26.2 Å².